The van der Waals surface area contributed by atoms with Gasteiger partial charge in [0.05, 0.1) is 22.0 Å². The van der Waals surface area contributed by atoms with Gasteiger partial charge in [0, 0.05) is 13.7 Å². The molecular formula is C10H12ClNO2S. The van der Waals surface area contributed by atoms with Gasteiger partial charge in [0.2, 0.25) is 0 Å². The third kappa shape index (κ3) is 2.23. The fourth-order valence-electron chi connectivity index (χ4n) is 1.71. The molecule has 0 radical (unpaired) electrons. The molecule has 2 rings (SSSR count). The number of ether oxygens (including phenoxy) is 1. The normalized spacial score (nSPS) is 25.7. The minimum absolute atomic E-state index is 0.0783. The third-order valence-corrected chi connectivity index (χ3v) is 3.94. The topological polar surface area (TPSA) is 38.3 Å². The van der Waals surface area contributed by atoms with E-state index in [-0.39, 0.29) is 17.9 Å². The summed E-state index contributed by atoms with van der Waals surface area (Å²) in [5.74, 6) is 0.0783. The summed E-state index contributed by atoms with van der Waals surface area (Å²) in [6.07, 6.45) is 0.863. The second-order valence-electron chi connectivity index (χ2n) is 3.52. The number of nitrogens with one attached hydrogen (secondary N) is 1. The van der Waals surface area contributed by atoms with E-state index in [0.29, 0.717) is 9.90 Å². The zero-order chi connectivity index (χ0) is 10.8. The summed E-state index contributed by atoms with van der Waals surface area (Å²) in [5.41, 5.74) is 0. The number of hydrogen-bond donors (Lipinski definition) is 1. The molecule has 0 aromatic carbocycles. The van der Waals surface area contributed by atoms with Crippen LogP contribution >= 0.6 is 22.9 Å². The molecule has 15 heavy (non-hydrogen) atoms. The highest BCUT2D eigenvalue weighted by Crippen LogP contribution is 2.25. The van der Waals surface area contributed by atoms with Crippen molar-refractivity contribution in [1.82, 2.24) is 5.32 Å². The molecule has 2 heterocycles. The van der Waals surface area contributed by atoms with E-state index in [1.165, 1.54) is 11.3 Å². The van der Waals surface area contributed by atoms with Gasteiger partial charge in [-0.25, -0.2) is 0 Å². The molecule has 0 saturated carbocycles. The highest BCUT2D eigenvalue weighted by atomic mass is 35.5. The first-order chi connectivity index (χ1) is 7.22. The van der Waals surface area contributed by atoms with Crippen LogP contribution in [0.4, 0.5) is 0 Å². The predicted molar refractivity (Wildman–Crippen MR) is 60.9 cm³/mol. The van der Waals surface area contributed by atoms with Crippen molar-refractivity contribution in [3.05, 3.63) is 21.3 Å². The molecule has 1 N–H and O–H groups in total. The van der Waals surface area contributed by atoms with Gasteiger partial charge in [-0.3, -0.25) is 4.79 Å². The lowest BCUT2D eigenvalue weighted by Gasteiger charge is -2.07. The molecular weight excluding hydrogens is 234 g/mol. The zero-order valence-electron chi connectivity index (χ0n) is 8.33. The second-order valence-corrected chi connectivity index (χ2v) is 4.84. The first kappa shape index (κ1) is 11.1. The Morgan fingerprint density at radius 1 is 1.73 bits per heavy atom. The maximum atomic E-state index is 12.0. The van der Waals surface area contributed by atoms with Crippen LogP contribution in [-0.4, -0.2) is 31.6 Å². The van der Waals surface area contributed by atoms with Gasteiger partial charge >= 0.3 is 0 Å². The Morgan fingerprint density at radius 2 is 2.53 bits per heavy atom. The first-order valence-corrected chi connectivity index (χ1v) is 6.01. The van der Waals surface area contributed by atoms with Crippen LogP contribution in [0.2, 0.25) is 5.02 Å². The van der Waals surface area contributed by atoms with Crippen LogP contribution < -0.4 is 5.32 Å². The van der Waals surface area contributed by atoms with Gasteiger partial charge in [-0.1, -0.05) is 11.6 Å². The minimum atomic E-state index is -0.147. The van der Waals surface area contributed by atoms with Crippen molar-refractivity contribution in [2.75, 3.05) is 13.7 Å². The van der Waals surface area contributed by atoms with Crippen LogP contribution in [-0.2, 0) is 4.74 Å². The van der Waals surface area contributed by atoms with E-state index in [1.54, 1.807) is 13.2 Å². The molecule has 1 aromatic rings. The number of carbonyl (C=O) groups is 1. The van der Waals surface area contributed by atoms with Crippen molar-refractivity contribution in [1.29, 1.82) is 0 Å². The van der Waals surface area contributed by atoms with Gasteiger partial charge in [0.1, 0.15) is 0 Å². The smallest absolute Gasteiger partial charge is 0.191 e. The molecule has 82 valence electrons. The Balaban J connectivity index is 2.07. The number of ketones is 1. The number of hydrogen-bond acceptors (Lipinski definition) is 4. The lowest BCUT2D eigenvalue weighted by molar-refractivity contribution is 0.0922. The summed E-state index contributed by atoms with van der Waals surface area (Å²) in [7, 11) is 1.66. The van der Waals surface area contributed by atoms with E-state index < -0.39 is 0 Å². The highest BCUT2D eigenvalue weighted by molar-refractivity contribution is 7.12. The van der Waals surface area contributed by atoms with Crippen LogP contribution in [0, 0.1) is 0 Å². The molecule has 3 nitrogen and oxygen atoms in total. The Morgan fingerprint density at radius 3 is 3.07 bits per heavy atom. The fourth-order valence-corrected chi connectivity index (χ4v) is 2.85. The van der Waals surface area contributed by atoms with Crippen molar-refractivity contribution in [2.45, 2.75) is 18.6 Å². The minimum Gasteiger partial charge on any atom is -0.380 e. The Hall–Kier alpha value is -0.420. The molecule has 5 heteroatoms. The van der Waals surface area contributed by atoms with Gasteiger partial charge < -0.3 is 10.1 Å². The molecule has 0 aliphatic carbocycles. The number of methoxy groups -OCH3 is 1. The van der Waals surface area contributed by atoms with Gasteiger partial charge in [0.25, 0.3) is 0 Å². The third-order valence-electron chi connectivity index (χ3n) is 2.58. The van der Waals surface area contributed by atoms with Crippen molar-refractivity contribution in [2.24, 2.45) is 0 Å². The lowest BCUT2D eigenvalue weighted by Crippen LogP contribution is -2.30. The molecule has 1 aliphatic heterocycles. The summed E-state index contributed by atoms with van der Waals surface area (Å²) in [5, 5.41) is 5.53. The lowest BCUT2D eigenvalue weighted by atomic mass is 10.1. The number of carbonyl (C=O) groups excluding carboxylic acids is 1. The van der Waals surface area contributed by atoms with Gasteiger partial charge in [-0.15, -0.1) is 11.3 Å². The molecule has 0 amide bonds. The highest BCUT2D eigenvalue weighted by Gasteiger charge is 2.31. The standard InChI is InChI=1S/C10H12ClNO2S/c1-14-6-4-8(12-5-6)9(13)10-7(11)2-3-15-10/h2-3,6,8,12H,4-5H2,1H3. The molecule has 1 saturated heterocycles. The molecule has 2 atom stereocenters. The molecule has 1 fully saturated rings. The van der Waals surface area contributed by atoms with Crippen LogP contribution in [0.1, 0.15) is 16.1 Å². The van der Waals surface area contributed by atoms with Crippen molar-refractivity contribution < 1.29 is 9.53 Å². The number of thiophene rings is 1. The average Bonchev–Trinajstić information content (AvgIpc) is 2.84. The fraction of sp³-hybridized carbons (Fsp3) is 0.500. The van der Waals surface area contributed by atoms with E-state index in [0.717, 1.165) is 13.0 Å². The second kappa shape index (κ2) is 4.61. The van der Waals surface area contributed by atoms with Crippen LogP contribution in [0.25, 0.3) is 0 Å². The van der Waals surface area contributed by atoms with Crippen LogP contribution in [0.5, 0.6) is 0 Å². The summed E-state index contributed by atoms with van der Waals surface area (Å²) in [4.78, 5) is 12.6. The molecule has 0 bridgehead atoms. The van der Waals surface area contributed by atoms with E-state index in [4.69, 9.17) is 16.3 Å². The predicted octanol–water partition coefficient (Wildman–Crippen LogP) is 1.96. The molecule has 1 aliphatic rings. The Labute approximate surface area is 97.4 Å². The van der Waals surface area contributed by atoms with Crippen LogP contribution in [0.3, 0.4) is 0 Å². The van der Waals surface area contributed by atoms with Crippen molar-refractivity contribution in [3.8, 4) is 0 Å². The summed E-state index contributed by atoms with van der Waals surface area (Å²) in [6, 6.07) is 1.61. The quantitative estimate of drug-likeness (QED) is 0.828. The molecule has 1 aromatic heterocycles. The molecule has 0 spiro atoms. The summed E-state index contributed by atoms with van der Waals surface area (Å²) in [6.45, 7) is 0.732. The SMILES string of the molecule is COC1CNC(C(=O)c2sccc2Cl)C1. The number of rotatable bonds is 3. The summed E-state index contributed by atoms with van der Waals surface area (Å²) >= 11 is 7.30. The van der Waals surface area contributed by atoms with Crippen LogP contribution in [0.15, 0.2) is 11.4 Å². The molecule has 2 unspecified atom stereocenters. The van der Waals surface area contributed by atoms with E-state index in [2.05, 4.69) is 5.32 Å². The van der Waals surface area contributed by atoms with Crippen molar-refractivity contribution in [3.63, 3.8) is 0 Å². The zero-order valence-corrected chi connectivity index (χ0v) is 9.90. The largest absolute Gasteiger partial charge is 0.380 e. The Kier molecular flexibility index (Phi) is 3.41. The average molecular weight is 246 g/mol. The maximum Gasteiger partial charge on any atom is 0.191 e. The number of halogens is 1. The summed E-state index contributed by atoms with van der Waals surface area (Å²) < 4.78 is 5.19. The van der Waals surface area contributed by atoms with Gasteiger partial charge in [0.15, 0.2) is 5.78 Å². The Bertz CT molecular complexity index is 366. The monoisotopic (exact) mass is 245 g/mol. The first-order valence-electron chi connectivity index (χ1n) is 4.75. The van der Waals surface area contributed by atoms with Gasteiger partial charge in [-0.2, -0.15) is 0 Å². The van der Waals surface area contributed by atoms with Crippen molar-refractivity contribution >= 4 is 28.7 Å². The van der Waals surface area contributed by atoms with E-state index >= 15 is 0 Å². The number of Topliss-reactive ketones (excluding diaryl/α,β-unsaturated/α-hetero) is 1. The maximum absolute atomic E-state index is 12.0. The van der Waals surface area contributed by atoms with E-state index in [9.17, 15) is 4.79 Å². The van der Waals surface area contributed by atoms with Gasteiger partial charge in [-0.05, 0) is 17.9 Å². The van der Waals surface area contributed by atoms with E-state index in [1.807, 2.05) is 5.38 Å².